The molecule has 0 spiro atoms. The van der Waals surface area contributed by atoms with E-state index in [-0.39, 0.29) is 54.0 Å². The Balaban J connectivity index is 0.000000495. The largest absolute Gasteiger partial charge is 0.478 e. The molecule has 0 fully saturated rings. The number of alkyl halides is 6. The number of carbonyl (C=O) groups is 7. The zero-order chi connectivity index (χ0) is 60.6. The molecule has 0 bridgehead atoms. The molecule has 5 aromatic carbocycles. The maximum Gasteiger partial charge on any atom is 0.471 e. The molecule has 17 nitrogen and oxygen atoms in total. The molecule has 0 atom stereocenters. The zero-order valence-electron chi connectivity index (χ0n) is 40.1. The van der Waals surface area contributed by atoms with Crippen LogP contribution >= 0.6 is 79.6 Å². The minimum Gasteiger partial charge on any atom is -0.478 e. The average Bonchev–Trinajstić information content (AvgIpc) is 3.32. The molecule has 0 unspecified atom stereocenters. The maximum absolute atomic E-state index is 13.8. The number of carboxylic acids is 1. The van der Waals surface area contributed by atoms with Crippen molar-refractivity contribution in [2.45, 2.75) is 26.2 Å². The molecule has 0 saturated carbocycles. The van der Waals surface area contributed by atoms with Gasteiger partial charge in [-0.15, -0.1) is 0 Å². The number of amides is 4. The van der Waals surface area contributed by atoms with Crippen molar-refractivity contribution in [2.75, 3.05) is 56.1 Å². The van der Waals surface area contributed by atoms with Crippen LogP contribution in [0.15, 0.2) is 83.0 Å². The molecule has 0 aliphatic carbocycles. The van der Waals surface area contributed by atoms with Crippen LogP contribution in [-0.4, -0.2) is 97.1 Å². The fourth-order valence-corrected chi connectivity index (χ4v) is 7.27. The Labute approximate surface area is 475 Å². The molecule has 78 heavy (non-hydrogen) atoms. The van der Waals surface area contributed by atoms with Gasteiger partial charge in [0.25, 0.3) is 11.8 Å². The van der Waals surface area contributed by atoms with E-state index in [0.29, 0.717) is 18.5 Å². The molecule has 0 radical (unpaired) electrons. The third-order valence-corrected chi connectivity index (χ3v) is 11.2. The minimum atomic E-state index is -5.22. The molecule has 424 valence electrons. The summed E-state index contributed by atoms with van der Waals surface area (Å²) < 4.78 is 141. The normalized spacial score (nSPS) is 10.6. The number of nitrogen functional groups attached to an aromatic ring is 3. The lowest BCUT2D eigenvalue weighted by Crippen LogP contribution is -2.32. The fourth-order valence-electron chi connectivity index (χ4n) is 5.12. The molecule has 0 aliphatic heterocycles. The fraction of sp³-hybridized carbons (Fsp3) is 0.178. The van der Waals surface area contributed by atoms with Crippen LogP contribution < -0.4 is 27.8 Å². The van der Waals surface area contributed by atoms with Gasteiger partial charge in [-0.3, -0.25) is 38.4 Å². The molecule has 5 rings (SSSR count). The minimum absolute atomic E-state index is 0.0613. The van der Waals surface area contributed by atoms with Crippen molar-refractivity contribution in [3.8, 4) is 0 Å². The Hall–Kier alpha value is -6.26. The van der Waals surface area contributed by atoms with Crippen molar-refractivity contribution in [1.29, 1.82) is 0 Å². The number of rotatable bonds is 9. The summed E-state index contributed by atoms with van der Waals surface area (Å²) in [6, 6.07) is 11.6. The quantitative estimate of drug-likeness (QED) is 0.0347. The highest BCUT2D eigenvalue weighted by Gasteiger charge is 2.41. The van der Waals surface area contributed by atoms with Gasteiger partial charge in [-0.25, -0.2) is 36.9 Å². The summed E-state index contributed by atoms with van der Waals surface area (Å²) in [5.74, 6) is -12.6. The molecule has 4 amide bonds. The van der Waals surface area contributed by atoms with Gasteiger partial charge in [0.15, 0.2) is 11.6 Å². The van der Waals surface area contributed by atoms with Crippen molar-refractivity contribution >= 4 is 149 Å². The standard InChI is InChI=1S/C11H9BrF4N2O3.C10H6BrF4NO2.C9H10BrFN2O2.C8H7BrFNO.C7H5BrFNO2/c1-18(21-2)9(19)6-3-5(12)4-7(13)8(6)17-10(20)11(14,15)16;1-4(17)6-2-5(11)3-7(12)8(6)16-9(18)10(13,14)15;1-13(15-2)9(14)6-3-5(10)4-7(11)8(6)12;1-4(12)6-2-5(9)3-7(10)8(6)11;8-3-1-4(7(11)12)6(10)5(9)2-3/h3-4H,1-2H3,(H,17,20);2-3H,1H3,(H,16,18);3-4H,12H2,1-2H3;2-3H,11H2,1H3;1-2H,10H2,(H,11,12). The summed E-state index contributed by atoms with van der Waals surface area (Å²) in [6.45, 7) is 2.39. The van der Waals surface area contributed by atoms with Gasteiger partial charge in [0.05, 0.1) is 59.3 Å². The van der Waals surface area contributed by atoms with Gasteiger partial charge in [0, 0.05) is 47.6 Å². The van der Waals surface area contributed by atoms with Crippen molar-refractivity contribution < 1.29 is 96.6 Å². The summed E-state index contributed by atoms with van der Waals surface area (Å²) in [6.07, 6.45) is -10.4. The van der Waals surface area contributed by atoms with Gasteiger partial charge < -0.3 is 32.9 Å². The number of ketones is 2. The number of benzene rings is 5. The molecule has 0 saturated heterocycles. The highest BCUT2D eigenvalue weighted by atomic mass is 79.9. The lowest BCUT2D eigenvalue weighted by Gasteiger charge is -2.18. The van der Waals surface area contributed by atoms with Crippen LogP contribution in [0, 0.1) is 29.1 Å². The van der Waals surface area contributed by atoms with E-state index in [9.17, 15) is 81.9 Å². The van der Waals surface area contributed by atoms with Crippen LogP contribution in [0.4, 0.5) is 76.7 Å². The first kappa shape index (κ1) is 69.8. The Morgan fingerprint density at radius 3 is 1.04 bits per heavy atom. The summed E-state index contributed by atoms with van der Waals surface area (Å²) in [4.78, 5) is 87.0. The SMILES string of the molecule is CC(=O)c1cc(Br)cc(F)c1N.CC(=O)c1cc(Br)cc(F)c1NC(=O)C(F)(F)F.CON(C)C(=O)c1cc(Br)cc(F)c1N.CON(C)C(=O)c1cc(Br)cc(F)c1NC(=O)C(F)(F)F.Nc1c(F)cc(Br)cc1C(=O)O. The number of hydroxylamine groups is 4. The van der Waals surface area contributed by atoms with Crippen molar-refractivity contribution in [3.05, 3.63) is 140 Å². The van der Waals surface area contributed by atoms with E-state index < -0.39 is 93.8 Å². The number of halogens is 16. The lowest BCUT2D eigenvalue weighted by molar-refractivity contribution is -0.167. The van der Waals surface area contributed by atoms with Crippen molar-refractivity contribution in [3.63, 3.8) is 0 Å². The molecular formula is C45H37Br5F11N7O10. The predicted octanol–water partition coefficient (Wildman–Crippen LogP) is 12.1. The molecule has 5 aromatic rings. The smallest absolute Gasteiger partial charge is 0.471 e. The Kier molecular flexibility index (Phi) is 27.0. The second-order valence-corrected chi connectivity index (χ2v) is 19.0. The zero-order valence-corrected chi connectivity index (χ0v) is 48.0. The number of Topliss-reactive ketones (excluding diaryl/α,β-unsaturated/α-hetero) is 2. The summed E-state index contributed by atoms with van der Waals surface area (Å²) in [5.41, 5.74) is 12.9. The second-order valence-electron chi connectivity index (χ2n) is 14.5. The third-order valence-electron chi connectivity index (χ3n) is 8.95. The topological polar surface area (TPSA) is 267 Å². The number of hydrogen-bond donors (Lipinski definition) is 6. The number of nitrogens with zero attached hydrogens (tertiary/aromatic N) is 2. The van der Waals surface area contributed by atoms with E-state index in [1.54, 1.807) is 0 Å². The maximum atomic E-state index is 13.8. The van der Waals surface area contributed by atoms with Crippen LogP contribution in [0.2, 0.25) is 0 Å². The van der Waals surface area contributed by atoms with Gasteiger partial charge in [-0.2, -0.15) is 26.3 Å². The van der Waals surface area contributed by atoms with Crippen LogP contribution in [0.25, 0.3) is 0 Å². The monoisotopic (exact) mass is 1440 g/mol. The first-order chi connectivity index (χ1) is 35.7. The van der Waals surface area contributed by atoms with Gasteiger partial charge in [0.1, 0.15) is 29.1 Å². The van der Waals surface area contributed by atoms with Crippen LogP contribution in [0.5, 0.6) is 0 Å². The van der Waals surface area contributed by atoms with E-state index in [4.69, 9.17) is 27.1 Å². The first-order valence-electron chi connectivity index (χ1n) is 20.1. The van der Waals surface area contributed by atoms with Crippen LogP contribution in [0.3, 0.4) is 0 Å². The summed E-state index contributed by atoms with van der Waals surface area (Å²) in [5, 5.41) is 12.9. The van der Waals surface area contributed by atoms with Crippen LogP contribution in [0.1, 0.15) is 65.6 Å². The van der Waals surface area contributed by atoms with E-state index >= 15 is 0 Å². The van der Waals surface area contributed by atoms with Crippen molar-refractivity contribution in [2.24, 2.45) is 0 Å². The Morgan fingerprint density at radius 1 is 0.462 bits per heavy atom. The first-order valence-corrected chi connectivity index (χ1v) is 24.1. The number of carboxylic acid groups (broad SMARTS) is 1. The Morgan fingerprint density at radius 2 is 0.718 bits per heavy atom. The number of anilines is 5. The molecule has 0 aliphatic rings. The van der Waals surface area contributed by atoms with Gasteiger partial charge >= 0.3 is 30.1 Å². The molecule has 0 aromatic heterocycles. The van der Waals surface area contributed by atoms with Gasteiger partial charge in [-0.05, 0) is 74.5 Å². The van der Waals surface area contributed by atoms with E-state index in [2.05, 4.69) is 84.5 Å². The molecular weight excluding hydrogens is 1410 g/mol. The number of nitrogens with two attached hydrogens (primary N) is 3. The van der Waals surface area contributed by atoms with E-state index in [0.717, 1.165) is 49.4 Å². The average molecular weight is 1440 g/mol. The molecule has 9 N–H and O–H groups in total. The third kappa shape index (κ3) is 20.8. The lowest BCUT2D eigenvalue weighted by atomic mass is 10.1. The van der Waals surface area contributed by atoms with E-state index in [1.807, 2.05) is 0 Å². The number of nitrogens with one attached hydrogen (secondary N) is 2. The van der Waals surface area contributed by atoms with E-state index in [1.165, 1.54) is 69.1 Å². The second kappa shape index (κ2) is 30.2. The number of hydrogen-bond acceptors (Lipinski definition) is 12. The Bertz CT molecular complexity index is 3040. The summed E-state index contributed by atoms with van der Waals surface area (Å²) >= 11 is 14.9. The number of aromatic carboxylic acids is 1. The van der Waals surface area contributed by atoms with Crippen LogP contribution in [-0.2, 0) is 19.3 Å². The van der Waals surface area contributed by atoms with Gasteiger partial charge in [0.2, 0.25) is 0 Å². The predicted molar refractivity (Wildman–Crippen MR) is 278 cm³/mol. The highest BCUT2D eigenvalue weighted by molar-refractivity contribution is 9.11. The highest BCUT2D eigenvalue weighted by Crippen LogP contribution is 2.31. The molecule has 33 heteroatoms. The molecule has 0 heterocycles. The van der Waals surface area contributed by atoms with Crippen molar-refractivity contribution in [1.82, 2.24) is 10.1 Å². The number of carbonyl (C=O) groups excluding carboxylic acids is 6. The summed E-state index contributed by atoms with van der Waals surface area (Å²) in [7, 11) is 5.07. The van der Waals surface area contributed by atoms with Gasteiger partial charge in [-0.1, -0.05) is 79.6 Å².